The maximum absolute atomic E-state index is 12.6. The molecule has 0 radical (unpaired) electrons. The van der Waals surface area contributed by atoms with Crippen molar-refractivity contribution in [3.05, 3.63) is 65.4 Å². The molecule has 0 amide bonds. The summed E-state index contributed by atoms with van der Waals surface area (Å²) in [6.45, 7) is 7.41. The van der Waals surface area contributed by atoms with Crippen molar-refractivity contribution in [1.29, 1.82) is 0 Å². The maximum atomic E-state index is 12.6. The van der Waals surface area contributed by atoms with Crippen LogP contribution >= 0.6 is 0 Å². The molecule has 5 aliphatic rings. The summed E-state index contributed by atoms with van der Waals surface area (Å²) < 4.78 is 12.6. The largest absolute Gasteiger partial charge is 0.379 e. The highest BCUT2D eigenvalue weighted by atomic mass is 19.1. The molecule has 2 aromatic carbocycles. The van der Waals surface area contributed by atoms with E-state index >= 15 is 0 Å². The molecule has 4 fully saturated rings. The van der Waals surface area contributed by atoms with Crippen LogP contribution in [0, 0.1) is 5.92 Å². The van der Waals surface area contributed by atoms with Crippen molar-refractivity contribution in [2.45, 2.75) is 75.5 Å². The van der Waals surface area contributed by atoms with Crippen molar-refractivity contribution in [1.82, 2.24) is 14.8 Å². The molecule has 0 spiro atoms. The van der Waals surface area contributed by atoms with Crippen LogP contribution in [0.1, 0.15) is 68.8 Å². The van der Waals surface area contributed by atoms with Gasteiger partial charge in [-0.15, -0.1) is 0 Å². The van der Waals surface area contributed by atoms with E-state index in [-0.39, 0.29) is 18.3 Å². The topological polar surface area (TPSA) is 34.3 Å². The van der Waals surface area contributed by atoms with Gasteiger partial charge in [0.05, 0.1) is 12.7 Å². The molecule has 1 aromatic heterocycles. The van der Waals surface area contributed by atoms with Gasteiger partial charge in [0, 0.05) is 59.0 Å². The number of benzene rings is 2. The second kappa shape index (κ2) is 8.32. The van der Waals surface area contributed by atoms with Gasteiger partial charge in [0.15, 0.2) is 0 Å². The molecule has 3 atom stereocenters. The van der Waals surface area contributed by atoms with E-state index in [1.165, 1.54) is 52.7 Å². The lowest BCUT2D eigenvalue weighted by atomic mass is 9.48. The molecule has 3 heterocycles. The third-order valence-corrected chi connectivity index (χ3v) is 9.76. The molecule has 2 N–H and O–H groups in total. The van der Waals surface area contributed by atoms with Gasteiger partial charge in [0.2, 0.25) is 0 Å². The molecule has 8 rings (SSSR count). The van der Waals surface area contributed by atoms with Crippen LogP contribution in [-0.4, -0.2) is 58.2 Å². The fourth-order valence-corrected chi connectivity index (χ4v) is 8.01. The van der Waals surface area contributed by atoms with E-state index in [0.29, 0.717) is 18.0 Å². The van der Waals surface area contributed by atoms with Gasteiger partial charge < -0.3 is 15.2 Å². The van der Waals surface area contributed by atoms with Gasteiger partial charge in [0.25, 0.3) is 0 Å². The molecule has 2 aliphatic heterocycles. The van der Waals surface area contributed by atoms with Gasteiger partial charge in [-0.25, -0.2) is 0 Å². The minimum absolute atomic E-state index is 0.0411. The Morgan fingerprint density at radius 2 is 1.86 bits per heavy atom. The Hall–Kier alpha value is -2.37. The van der Waals surface area contributed by atoms with Crippen LogP contribution in [0.25, 0.3) is 10.9 Å². The van der Waals surface area contributed by atoms with Gasteiger partial charge in [-0.05, 0) is 87.6 Å². The van der Waals surface area contributed by atoms with E-state index in [1.54, 1.807) is 0 Å². The van der Waals surface area contributed by atoms with Crippen LogP contribution < -0.4 is 5.32 Å². The molecular weight excluding hydrogens is 447 g/mol. The van der Waals surface area contributed by atoms with Crippen LogP contribution in [0.5, 0.6) is 0 Å². The number of likely N-dealkylation sites (tertiary alicyclic amines) is 1. The summed E-state index contributed by atoms with van der Waals surface area (Å²) in [5.74, 6) is 0.963. The normalized spacial score (nSPS) is 33.8. The summed E-state index contributed by atoms with van der Waals surface area (Å²) in [5, 5.41) is 5.21. The number of halogens is 1. The molecular formula is C31H39FN4. The number of nitrogens with zero attached hydrogens (tertiary/aromatic N) is 2. The molecule has 3 saturated carbocycles. The number of rotatable bonds is 7. The number of fused-ring (bicyclic) bond motifs is 3. The molecule has 190 valence electrons. The predicted molar refractivity (Wildman–Crippen MR) is 145 cm³/mol. The van der Waals surface area contributed by atoms with Gasteiger partial charge in [-0.1, -0.05) is 30.3 Å². The third kappa shape index (κ3) is 3.53. The van der Waals surface area contributed by atoms with Crippen LogP contribution in [0.3, 0.4) is 0 Å². The first-order valence-electron chi connectivity index (χ1n) is 14.0. The first kappa shape index (κ1) is 22.8. The maximum Gasteiger partial charge on any atom is 0.0906 e. The lowest BCUT2D eigenvalue weighted by Gasteiger charge is -2.70. The highest BCUT2D eigenvalue weighted by Gasteiger charge is 2.63. The number of hydrogen-bond acceptors (Lipinski definition) is 3. The van der Waals surface area contributed by atoms with Gasteiger partial charge >= 0.3 is 0 Å². The minimum Gasteiger partial charge on any atom is -0.379 e. The molecule has 0 unspecified atom stereocenters. The standard InChI is InChI=1S/C31H39FN4/c1-21-16-26-25-6-3-4-7-27(25)33-28(26)29(36(21)31-17-22(18-31)19-31)23-8-10-24(11-9-23)34-30(2)12-15-35(20-30)14-5-13-32/h3-4,6-11,21-22,29,33-34H,5,12-20H2,1-2H3/t21-,22?,29-,30-,31?/m1/s1. The van der Waals surface area contributed by atoms with Crippen LogP contribution in [0.4, 0.5) is 10.1 Å². The Kier molecular flexibility index (Phi) is 5.27. The second-order valence-electron chi connectivity index (χ2n) is 12.5. The van der Waals surface area contributed by atoms with Crippen LogP contribution in [0.15, 0.2) is 48.5 Å². The van der Waals surface area contributed by atoms with Gasteiger partial charge in [-0.2, -0.15) is 0 Å². The van der Waals surface area contributed by atoms with Crippen LogP contribution in [-0.2, 0) is 6.42 Å². The van der Waals surface area contributed by atoms with Crippen molar-refractivity contribution in [2.75, 3.05) is 31.6 Å². The first-order chi connectivity index (χ1) is 17.5. The summed E-state index contributed by atoms with van der Waals surface area (Å²) in [6, 6.07) is 18.9. The Morgan fingerprint density at radius 1 is 1.08 bits per heavy atom. The number of alkyl halides is 1. The highest BCUT2D eigenvalue weighted by Crippen LogP contribution is 2.64. The molecule has 3 aliphatic carbocycles. The Balaban J connectivity index is 1.19. The predicted octanol–water partition coefficient (Wildman–Crippen LogP) is 6.29. The van der Waals surface area contributed by atoms with Gasteiger partial charge in [0.1, 0.15) is 0 Å². The van der Waals surface area contributed by atoms with E-state index in [0.717, 1.165) is 38.4 Å². The van der Waals surface area contributed by atoms with E-state index in [1.807, 2.05) is 0 Å². The quantitative estimate of drug-likeness (QED) is 0.412. The smallest absolute Gasteiger partial charge is 0.0906 e. The van der Waals surface area contributed by atoms with Crippen LogP contribution in [0.2, 0.25) is 0 Å². The SMILES string of the molecule is C[C@@H]1Cc2c([nH]c3ccccc23)[C@@H](c2ccc(N[C@]3(C)CCN(CCCF)C3)cc2)N1C12CC(C1)C2. The second-order valence-corrected chi connectivity index (χ2v) is 12.5. The molecule has 5 heteroatoms. The van der Waals surface area contributed by atoms with Gasteiger partial charge in [-0.3, -0.25) is 9.29 Å². The number of nitrogens with one attached hydrogen (secondary N) is 2. The minimum atomic E-state index is -0.223. The third-order valence-electron chi connectivity index (χ3n) is 9.76. The number of anilines is 1. The molecule has 2 bridgehead atoms. The molecule has 4 nitrogen and oxygen atoms in total. The summed E-state index contributed by atoms with van der Waals surface area (Å²) in [5.41, 5.74) is 7.22. The van der Waals surface area contributed by atoms with Crippen molar-refractivity contribution >= 4 is 16.6 Å². The molecule has 36 heavy (non-hydrogen) atoms. The average molecular weight is 487 g/mol. The number of H-pyrrole nitrogens is 1. The van der Waals surface area contributed by atoms with Crippen molar-refractivity contribution in [3.8, 4) is 0 Å². The number of aromatic amines is 1. The number of para-hydroxylation sites is 1. The Morgan fingerprint density at radius 3 is 2.58 bits per heavy atom. The van der Waals surface area contributed by atoms with E-state index in [2.05, 4.69) is 82.5 Å². The first-order valence-corrected chi connectivity index (χ1v) is 14.0. The summed E-state index contributed by atoms with van der Waals surface area (Å²) in [6.07, 6.45) is 6.98. The summed E-state index contributed by atoms with van der Waals surface area (Å²) >= 11 is 0. The number of hydrogen-bond donors (Lipinski definition) is 2. The highest BCUT2D eigenvalue weighted by molar-refractivity contribution is 5.85. The van der Waals surface area contributed by atoms with E-state index in [4.69, 9.17) is 0 Å². The monoisotopic (exact) mass is 486 g/mol. The van der Waals surface area contributed by atoms with E-state index in [9.17, 15) is 4.39 Å². The fourth-order valence-electron chi connectivity index (χ4n) is 8.01. The Labute approximate surface area is 214 Å². The zero-order valence-corrected chi connectivity index (χ0v) is 21.7. The zero-order valence-electron chi connectivity index (χ0n) is 21.7. The molecule has 3 aromatic rings. The Bertz CT molecular complexity index is 1250. The average Bonchev–Trinajstić information content (AvgIpc) is 3.37. The summed E-state index contributed by atoms with van der Waals surface area (Å²) in [4.78, 5) is 9.14. The summed E-state index contributed by atoms with van der Waals surface area (Å²) in [7, 11) is 0. The molecule has 1 saturated heterocycles. The lowest BCUT2D eigenvalue weighted by Crippen LogP contribution is -2.71. The fraction of sp³-hybridized carbons (Fsp3) is 0.548. The zero-order chi connectivity index (χ0) is 24.5. The van der Waals surface area contributed by atoms with Crippen molar-refractivity contribution in [2.24, 2.45) is 5.92 Å². The van der Waals surface area contributed by atoms with Crippen molar-refractivity contribution < 1.29 is 4.39 Å². The van der Waals surface area contributed by atoms with E-state index < -0.39 is 0 Å². The van der Waals surface area contributed by atoms with Crippen molar-refractivity contribution in [3.63, 3.8) is 0 Å². The number of aromatic nitrogens is 1. The lowest BCUT2D eigenvalue weighted by molar-refractivity contribution is -0.174.